The highest BCUT2D eigenvalue weighted by atomic mass is 31.2. The minimum Gasteiger partial charge on any atom is -0.497 e. The van der Waals surface area contributed by atoms with E-state index in [1.54, 1.807) is 50.9 Å². The van der Waals surface area contributed by atoms with E-state index in [-0.39, 0.29) is 30.3 Å². The predicted molar refractivity (Wildman–Crippen MR) is 241 cm³/mol. The van der Waals surface area contributed by atoms with Gasteiger partial charge in [-0.05, 0) is 106 Å². The Hall–Kier alpha value is -5.74. The summed E-state index contributed by atoms with van der Waals surface area (Å²) in [5, 5.41) is 14.9. The first-order chi connectivity index (χ1) is 30.1. The van der Waals surface area contributed by atoms with Gasteiger partial charge in [0.15, 0.2) is 0 Å². The van der Waals surface area contributed by atoms with Crippen molar-refractivity contribution in [1.82, 2.24) is 25.3 Å². The highest BCUT2D eigenvalue weighted by Crippen LogP contribution is 2.46. The number of amides is 2. The molecule has 0 saturated heterocycles. The van der Waals surface area contributed by atoms with Crippen LogP contribution in [0.25, 0.3) is 11.4 Å². The highest BCUT2D eigenvalue weighted by Gasteiger charge is 2.38. The molecule has 2 N–H and O–H groups in total. The molecule has 5 aromatic rings. The third-order valence-electron chi connectivity index (χ3n) is 9.88. The van der Waals surface area contributed by atoms with E-state index >= 15 is 0 Å². The molecule has 0 bridgehead atoms. The SMILES string of the molecule is COc1ccc(C(OCCCNC(=O)c2ccnc(-c3cc(C(=O)NCCCOP(OCCC#N)N(C(C)C)C(C)C)ccn3)c2)(c2ccccc2)c2ccc(OC)cc2)cc1. The van der Waals surface area contributed by atoms with Gasteiger partial charge in [-0.2, -0.15) is 5.26 Å². The van der Waals surface area contributed by atoms with Crippen LogP contribution in [0, 0.1) is 11.3 Å². The van der Waals surface area contributed by atoms with E-state index in [9.17, 15) is 9.59 Å². The highest BCUT2D eigenvalue weighted by molar-refractivity contribution is 7.44. The van der Waals surface area contributed by atoms with E-state index in [1.165, 1.54) is 0 Å². The third-order valence-corrected chi connectivity index (χ3v) is 12.0. The largest absolute Gasteiger partial charge is 0.497 e. The number of nitrogens with zero attached hydrogens (tertiary/aromatic N) is 4. The zero-order valence-electron chi connectivity index (χ0n) is 36.4. The van der Waals surface area contributed by atoms with Crippen LogP contribution in [0.5, 0.6) is 11.5 Å². The number of ether oxygens (including phenoxy) is 3. The minimum atomic E-state index is -1.35. The zero-order chi connectivity index (χ0) is 44.3. The van der Waals surface area contributed by atoms with E-state index in [0.29, 0.717) is 68.3 Å². The van der Waals surface area contributed by atoms with Crippen molar-refractivity contribution in [3.63, 3.8) is 0 Å². The van der Waals surface area contributed by atoms with Crippen LogP contribution in [0.15, 0.2) is 116 Å². The van der Waals surface area contributed by atoms with Gasteiger partial charge in [0.25, 0.3) is 20.3 Å². The maximum atomic E-state index is 13.4. The number of carbonyl (C=O) groups excluding carboxylic acids is 2. The number of methoxy groups -OCH3 is 2. The summed E-state index contributed by atoms with van der Waals surface area (Å²) in [4.78, 5) is 35.4. The van der Waals surface area contributed by atoms with Gasteiger partial charge in [0.2, 0.25) is 0 Å². The summed E-state index contributed by atoms with van der Waals surface area (Å²) in [6.07, 6.45) is 4.49. The molecule has 0 aliphatic heterocycles. The van der Waals surface area contributed by atoms with Crippen LogP contribution in [0.2, 0.25) is 0 Å². The van der Waals surface area contributed by atoms with Gasteiger partial charge in [0, 0.05) is 48.7 Å². The molecule has 14 heteroatoms. The lowest BCUT2D eigenvalue weighted by molar-refractivity contribution is 0.0117. The molecule has 0 radical (unpaired) electrons. The molecule has 2 amide bonds. The number of benzene rings is 3. The van der Waals surface area contributed by atoms with Crippen molar-refractivity contribution >= 4 is 20.3 Å². The van der Waals surface area contributed by atoms with E-state index in [0.717, 1.165) is 28.2 Å². The summed E-state index contributed by atoms with van der Waals surface area (Å²) < 4.78 is 32.1. The Balaban J connectivity index is 1.18. The fourth-order valence-corrected chi connectivity index (χ4v) is 8.56. The van der Waals surface area contributed by atoms with E-state index < -0.39 is 14.1 Å². The van der Waals surface area contributed by atoms with E-state index in [1.807, 2.05) is 78.9 Å². The Bertz CT molecular complexity index is 2150. The molecule has 0 aliphatic rings. The van der Waals surface area contributed by atoms with Crippen LogP contribution < -0.4 is 20.1 Å². The summed E-state index contributed by atoms with van der Waals surface area (Å²) in [5.74, 6) is 0.939. The Morgan fingerprint density at radius 2 is 1.15 bits per heavy atom. The van der Waals surface area contributed by atoms with E-state index in [4.69, 9.17) is 28.5 Å². The maximum Gasteiger partial charge on any atom is 0.259 e. The van der Waals surface area contributed by atoms with Gasteiger partial charge in [0.1, 0.15) is 17.1 Å². The molecule has 2 aromatic heterocycles. The first-order valence-electron chi connectivity index (χ1n) is 20.8. The van der Waals surface area contributed by atoms with E-state index in [2.05, 4.69) is 59.0 Å². The number of pyridine rings is 2. The average molecular weight is 861 g/mol. The van der Waals surface area contributed by atoms with Crippen molar-refractivity contribution in [3.05, 3.63) is 143 Å². The van der Waals surface area contributed by atoms with Crippen molar-refractivity contribution in [2.45, 2.75) is 64.6 Å². The summed E-state index contributed by atoms with van der Waals surface area (Å²) in [7, 11) is 1.93. The summed E-state index contributed by atoms with van der Waals surface area (Å²) in [6, 6.07) is 34.9. The fraction of sp³-hybridized carbons (Fsp3) is 0.354. The van der Waals surface area contributed by atoms with Gasteiger partial charge in [-0.15, -0.1) is 0 Å². The maximum absolute atomic E-state index is 13.4. The van der Waals surface area contributed by atoms with Crippen molar-refractivity contribution in [3.8, 4) is 29.0 Å². The lowest BCUT2D eigenvalue weighted by Gasteiger charge is -2.36. The number of rotatable bonds is 24. The van der Waals surface area contributed by atoms with Gasteiger partial charge in [-0.1, -0.05) is 54.6 Å². The molecule has 2 heterocycles. The van der Waals surface area contributed by atoms with Crippen molar-refractivity contribution in [2.24, 2.45) is 0 Å². The molecule has 1 atom stereocenters. The fourth-order valence-electron chi connectivity index (χ4n) is 6.93. The van der Waals surface area contributed by atoms with Crippen LogP contribution in [-0.4, -0.2) is 85.7 Å². The molecular formula is C48H57N6O7P. The average Bonchev–Trinajstić information content (AvgIpc) is 3.30. The second-order valence-electron chi connectivity index (χ2n) is 14.8. The number of hydrogen-bond acceptors (Lipinski definition) is 11. The first-order valence-corrected chi connectivity index (χ1v) is 21.9. The van der Waals surface area contributed by atoms with Gasteiger partial charge >= 0.3 is 0 Å². The summed E-state index contributed by atoms with van der Waals surface area (Å²) in [5.41, 5.74) is 3.58. The third kappa shape index (κ3) is 12.7. The Labute approximate surface area is 366 Å². The standard InChI is InChI=1S/C48H57N6O7P/c1-35(2)54(36(3)4)62(60-31-10-25-49)61-32-12-27-53-47(56)38-24-29-51-45(34-38)44-33-37(23-28-50-44)46(55)52-26-11-30-59-48(39-13-8-7-9-14-39,40-15-19-42(57-5)20-16-40)41-17-21-43(58-6)22-18-41/h7-9,13-24,28-29,33-36H,10-12,26-27,30-32H2,1-6H3,(H,52,55)(H,53,56). The van der Waals surface area contributed by atoms with Crippen molar-refractivity contribution < 1.29 is 32.8 Å². The second-order valence-corrected chi connectivity index (χ2v) is 16.3. The summed E-state index contributed by atoms with van der Waals surface area (Å²) in [6.45, 7) is 10.1. The minimum absolute atomic E-state index is 0.198. The topological polar surface area (TPSA) is 157 Å². The normalized spacial score (nSPS) is 11.9. The van der Waals surface area contributed by atoms with Gasteiger partial charge in [0.05, 0.1) is 57.9 Å². The number of carbonyl (C=O) groups is 2. The van der Waals surface area contributed by atoms with Gasteiger partial charge < -0.3 is 33.9 Å². The number of hydrogen-bond donors (Lipinski definition) is 2. The van der Waals surface area contributed by atoms with Gasteiger partial charge in [-0.3, -0.25) is 19.6 Å². The molecule has 0 saturated carbocycles. The number of aromatic nitrogens is 2. The predicted octanol–water partition coefficient (Wildman–Crippen LogP) is 8.70. The smallest absolute Gasteiger partial charge is 0.259 e. The molecule has 0 aliphatic carbocycles. The molecule has 326 valence electrons. The second kappa shape index (κ2) is 24.0. The lowest BCUT2D eigenvalue weighted by Crippen LogP contribution is -2.34. The Morgan fingerprint density at radius 3 is 1.61 bits per heavy atom. The first kappa shape index (κ1) is 47.3. The molecule has 0 spiro atoms. The Kier molecular flexibility index (Phi) is 18.3. The molecular weight excluding hydrogens is 804 g/mol. The van der Waals surface area contributed by atoms with Crippen LogP contribution in [0.4, 0.5) is 0 Å². The number of nitrogens with one attached hydrogen (secondary N) is 2. The van der Waals surface area contributed by atoms with Crippen LogP contribution in [0.3, 0.4) is 0 Å². The van der Waals surface area contributed by atoms with Crippen molar-refractivity contribution in [1.29, 1.82) is 5.26 Å². The molecule has 3 aromatic carbocycles. The Morgan fingerprint density at radius 1 is 0.677 bits per heavy atom. The van der Waals surface area contributed by atoms with Crippen LogP contribution in [0.1, 0.15) is 84.4 Å². The number of nitriles is 1. The molecule has 1 unspecified atom stereocenters. The zero-order valence-corrected chi connectivity index (χ0v) is 37.3. The van der Waals surface area contributed by atoms with Crippen LogP contribution in [-0.2, 0) is 19.4 Å². The van der Waals surface area contributed by atoms with Crippen molar-refractivity contribution in [2.75, 3.05) is 47.1 Å². The van der Waals surface area contributed by atoms with Crippen LogP contribution >= 0.6 is 8.53 Å². The van der Waals surface area contributed by atoms with Gasteiger partial charge in [-0.25, -0.2) is 4.67 Å². The lowest BCUT2D eigenvalue weighted by atomic mass is 9.80. The molecule has 0 fully saturated rings. The molecule has 13 nitrogen and oxygen atoms in total. The summed E-state index contributed by atoms with van der Waals surface area (Å²) >= 11 is 0. The molecule has 62 heavy (non-hydrogen) atoms. The molecule has 5 rings (SSSR count). The monoisotopic (exact) mass is 860 g/mol. The quantitative estimate of drug-likeness (QED) is 0.0348.